The Labute approximate surface area is 115 Å². The van der Waals surface area contributed by atoms with Crippen LogP contribution in [0.5, 0.6) is 0 Å². The van der Waals surface area contributed by atoms with Crippen LogP contribution in [0.25, 0.3) is 0 Å². The van der Waals surface area contributed by atoms with E-state index in [1.807, 2.05) is 0 Å². The Morgan fingerprint density at radius 1 is 1.44 bits per heavy atom. The third kappa shape index (κ3) is 4.78. The molecule has 18 heavy (non-hydrogen) atoms. The van der Waals surface area contributed by atoms with E-state index in [0.717, 1.165) is 6.54 Å². The Bertz CT molecular complexity index is 513. The molecule has 0 saturated heterocycles. The summed E-state index contributed by atoms with van der Waals surface area (Å²) in [5.41, 5.74) is -0.701. The minimum atomic E-state index is -0.392. The van der Waals surface area contributed by atoms with E-state index < -0.39 is 5.56 Å². The molecule has 0 saturated carbocycles. The van der Waals surface area contributed by atoms with E-state index in [9.17, 15) is 9.59 Å². The zero-order valence-corrected chi connectivity index (χ0v) is 12.8. The highest BCUT2D eigenvalue weighted by molar-refractivity contribution is 9.10. The molecule has 0 spiro atoms. The summed E-state index contributed by atoms with van der Waals surface area (Å²) in [6.07, 6.45) is 1.54. The average Bonchev–Trinajstić information content (AvgIpc) is 2.22. The molecule has 1 aromatic heterocycles. The van der Waals surface area contributed by atoms with Crippen LogP contribution in [-0.4, -0.2) is 21.6 Å². The van der Waals surface area contributed by atoms with Crippen molar-refractivity contribution in [3.63, 3.8) is 0 Å². The molecule has 0 aliphatic carbocycles. The predicted molar refractivity (Wildman–Crippen MR) is 75.9 cm³/mol. The van der Waals surface area contributed by atoms with Crippen molar-refractivity contribution in [2.24, 2.45) is 5.92 Å². The number of rotatable bonds is 4. The van der Waals surface area contributed by atoms with E-state index in [2.05, 4.69) is 53.9 Å². The van der Waals surface area contributed by atoms with Crippen molar-refractivity contribution in [1.82, 2.24) is 14.9 Å². The second-order valence-electron chi connectivity index (χ2n) is 5.62. The maximum absolute atomic E-state index is 11.6. The molecule has 1 unspecified atom stereocenters. The number of aromatic amines is 1. The van der Waals surface area contributed by atoms with Crippen LogP contribution in [0.4, 0.5) is 0 Å². The molecule has 0 aliphatic rings. The van der Waals surface area contributed by atoms with E-state index in [0.29, 0.717) is 16.9 Å². The topological polar surface area (TPSA) is 66.9 Å². The van der Waals surface area contributed by atoms with Crippen LogP contribution in [0, 0.1) is 5.92 Å². The molecule has 1 atom stereocenters. The lowest BCUT2D eigenvalue weighted by molar-refractivity contribution is 0.356. The van der Waals surface area contributed by atoms with Crippen LogP contribution < -0.4 is 16.6 Å². The molecule has 102 valence electrons. The number of hydrogen-bond acceptors (Lipinski definition) is 3. The highest BCUT2D eigenvalue weighted by atomic mass is 79.9. The maximum Gasteiger partial charge on any atom is 0.328 e. The molecule has 0 radical (unpaired) electrons. The Morgan fingerprint density at radius 2 is 2.06 bits per heavy atom. The van der Waals surface area contributed by atoms with Crippen LogP contribution >= 0.6 is 15.9 Å². The van der Waals surface area contributed by atoms with Gasteiger partial charge in [0, 0.05) is 18.3 Å². The van der Waals surface area contributed by atoms with Crippen LogP contribution in [0.3, 0.4) is 0 Å². The Morgan fingerprint density at radius 3 is 2.61 bits per heavy atom. The highest BCUT2D eigenvalue weighted by Crippen LogP contribution is 2.04. The van der Waals surface area contributed by atoms with Crippen molar-refractivity contribution in [3.8, 4) is 0 Å². The van der Waals surface area contributed by atoms with Gasteiger partial charge in [-0.25, -0.2) is 4.79 Å². The first-order chi connectivity index (χ1) is 8.19. The van der Waals surface area contributed by atoms with Gasteiger partial charge in [-0.05, 0) is 49.2 Å². The van der Waals surface area contributed by atoms with Crippen molar-refractivity contribution >= 4 is 15.9 Å². The standard InChI is InChI=1S/C12H20BrN3O2/c1-8(5-14-12(2,3)4)6-16-7-9(13)10(17)15-11(16)18/h7-8,14H,5-6H2,1-4H3,(H,15,17,18). The van der Waals surface area contributed by atoms with E-state index in [-0.39, 0.29) is 11.2 Å². The number of hydrogen-bond donors (Lipinski definition) is 2. The Balaban J connectivity index is 2.71. The van der Waals surface area contributed by atoms with E-state index in [1.165, 1.54) is 10.8 Å². The third-order valence-electron chi connectivity index (χ3n) is 2.46. The molecule has 0 aromatic carbocycles. The molecular weight excluding hydrogens is 298 g/mol. The molecule has 2 N–H and O–H groups in total. The summed E-state index contributed by atoms with van der Waals surface area (Å²) in [5.74, 6) is 0.291. The minimum Gasteiger partial charge on any atom is -0.312 e. The zero-order chi connectivity index (χ0) is 13.9. The fourth-order valence-corrected chi connectivity index (χ4v) is 1.85. The molecule has 1 rings (SSSR count). The van der Waals surface area contributed by atoms with Gasteiger partial charge in [0.1, 0.15) is 0 Å². The number of halogens is 1. The Kier molecular flexibility index (Phi) is 4.92. The predicted octanol–water partition coefficient (Wildman–Crippen LogP) is 1.32. The quantitative estimate of drug-likeness (QED) is 0.880. The van der Waals surface area contributed by atoms with Crippen molar-refractivity contribution in [3.05, 3.63) is 31.5 Å². The minimum absolute atomic E-state index is 0.0603. The molecule has 0 fully saturated rings. The van der Waals surface area contributed by atoms with Gasteiger partial charge in [-0.3, -0.25) is 14.3 Å². The smallest absolute Gasteiger partial charge is 0.312 e. The van der Waals surface area contributed by atoms with Gasteiger partial charge >= 0.3 is 5.69 Å². The first-order valence-electron chi connectivity index (χ1n) is 5.93. The number of nitrogens with one attached hydrogen (secondary N) is 2. The molecule has 0 bridgehead atoms. The van der Waals surface area contributed by atoms with Crippen LogP contribution in [0.2, 0.25) is 0 Å². The number of H-pyrrole nitrogens is 1. The molecule has 0 amide bonds. The first-order valence-corrected chi connectivity index (χ1v) is 6.72. The largest absolute Gasteiger partial charge is 0.328 e. The molecule has 5 nitrogen and oxygen atoms in total. The third-order valence-corrected chi connectivity index (χ3v) is 3.02. The Hall–Kier alpha value is -0.880. The van der Waals surface area contributed by atoms with Gasteiger partial charge in [0.15, 0.2) is 0 Å². The summed E-state index contributed by atoms with van der Waals surface area (Å²) >= 11 is 3.12. The summed E-state index contributed by atoms with van der Waals surface area (Å²) in [5, 5.41) is 3.39. The molecule has 1 heterocycles. The first kappa shape index (κ1) is 15.2. The molecule has 6 heteroatoms. The summed E-state index contributed by atoms with van der Waals surface area (Å²) in [6.45, 7) is 9.74. The van der Waals surface area contributed by atoms with Crippen molar-refractivity contribution in [1.29, 1.82) is 0 Å². The van der Waals surface area contributed by atoms with E-state index in [1.54, 1.807) is 0 Å². The lowest BCUT2D eigenvalue weighted by Crippen LogP contribution is -2.40. The van der Waals surface area contributed by atoms with Gasteiger partial charge < -0.3 is 5.32 Å². The normalized spacial score (nSPS) is 13.6. The second kappa shape index (κ2) is 5.84. The zero-order valence-electron chi connectivity index (χ0n) is 11.2. The summed E-state index contributed by atoms with van der Waals surface area (Å²) in [6, 6.07) is 0. The summed E-state index contributed by atoms with van der Waals surface area (Å²) < 4.78 is 1.89. The SMILES string of the molecule is CC(CNC(C)(C)C)Cn1cc(Br)c(=O)[nH]c1=O. The van der Waals surface area contributed by atoms with E-state index >= 15 is 0 Å². The van der Waals surface area contributed by atoms with Crippen LogP contribution in [0.15, 0.2) is 20.3 Å². The van der Waals surface area contributed by atoms with E-state index in [4.69, 9.17) is 0 Å². The number of aromatic nitrogens is 2. The molecule has 0 aliphatic heterocycles. The second-order valence-corrected chi connectivity index (χ2v) is 6.48. The van der Waals surface area contributed by atoms with Gasteiger partial charge in [0.25, 0.3) is 5.56 Å². The summed E-state index contributed by atoms with van der Waals surface area (Å²) in [7, 11) is 0. The van der Waals surface area contributed by atoms with Gasteiger partial charge in [-0.15, -0.1) is 0 Å². The molecular formula is C12H20BrN3O2. The van der Waals surface area contributed by atoms with Gasteiger partial charge in [0.05, 0.1) is 4.47 Å². The fourth-order valence-electron chi connectivity index (χ4n) is 1.50. The van der Waals surface area contributed by atoms with Crippen molar-refractivity contribution in [2.45, 2.75) is 39.8 Å². The van der Waals surface area contributed by atoms with Crippen molar-refractivity contribution in [2.75, 3.05) is 6.54 Å². The average molecular weight is 318 g/mol. The fraction of sp³-hybridized carbons (Fsp3) is 0.667. The summed E-state index contributed by atoms with van der Waals surface area (Å²) in [4.78, 5) is 25.1. The molecule has 1 aromatic rings. The lowest BCUT2D eigenvalue weighted by atomic mass is 10.1. The maximum atomic E-state index is 11.6. The monoisotopic (exact) mass is 317 g/mol. The lowest BCUT2D eigenvalue weighted by Gasteiger charge is -2.23. The van der Waals surface area contributed by atoms with Gasteiger partial charge in [-0.2, -0.15) is 0 Å². The van der Waals surface area contributed by atoms with Crippen molar-refractivity contribution < 1.29 is 0 Å². The highest BCUT2D eigenvalue weighted by Gasteiger charge is 2.12. The van der Waals surface area contributed by atoms with Gasteiger partial charge in [-0.1, -0.05) is 6.92 Å². The van der Waals surface area contributed by atoms with Gasteiger partial charge in [0.2, 0.25) is 0 Å². The number of nitrogens with zero attached hydrogens (tertiary/aromatic N) is 1. The van der Waals surface area contributed by atoms with Crippen LogP contribution in [0.1, 0.15) is 27.7 Å². The van der Waals surface area contributed by atoms with Crippen LogP contribution in [-0.2, 0) is 6.54 Å².